The summed E-state index contributed by atoms with van der Waals surface area (Å²) in [6.45, 7) is 1.97. The van der Waals surface area contributed by atoms with Crippen molar-refractivity contribution >= 4 is 60.7 Å². The number of amides is 1. The van der Waals surface area contributed by atoms with E-state index in [1.54, 1.807) is 36.4 Å². The van der Waals surface area contributed by atoms with E-state index in [1.807, 2.05) is 13.0 Å². The van der Waals surface area contributed by atoms with E-state index in [-0.39, 0.29) is 10.8 Å². The van der Waals surface area contributed by atoms with Gasteiger partial charge < -0.3 is 5.32 Å². The van der Waals surface area contributed by atoms with Crippen molar-refractivity contribution in [2.24, 2.45) is 0 Å². The second kappa shape index (κ2) is 5.70. The predicted octanol–water partition coefficient (Wildman–Crippen LogP) is 4.12. The highest BCUT2D eigenvalue weighted by Crippen LogP contribution is 2.37. The van der Waals surface area contributed by atoms with E-state index in [4.69, 9.17) is 0 Å². The highest BCUT2D eigenvalue weighted by Gasteiger charge is 2.26. The van der Waals surface area contributed by atoms with Crippen LogP contribution >= 0.6 is 22.6 Å². The third-order valence-electron chi connectivity index (χ3n) is 4.21. The number of carbonyl (C=O) groups excluding carboxylic acids is 1. The Morgan fingerprint density at radius 1 is 1.08 bits per heavy atom. The Morgan fingerprint density at radius 2 is 1.88 bits per heavy atom. The van der Waals surface area contributed by atoms with E-state index < -0.39 is 10.0 Å². The average Bonchev–Trinajstić information content (AvgIpc) is 2.89. The van der Waals surface area contributed by atoms with Crippen molar-refractivity contribution in [3.63, 3.8) is 0 Å². The van der Waals surface area contributed by atoms with E-state index in [0.29, 0.717) is 27.7 Å². The van der Waals surface area contributed by atoms with Crippen LogP contribution in [-0.2, 0) is 10.0 Å². The molecule has 1 heterocycles. The summed E-state index contributed by atoms with van der Waals surface area (Å²) < 4.78 is 29.4. The molecule has 0 aliphatic carbocycles. The maximum absolute atomic E-state index is 12.9. The van der Waals surface area contributed by atoms with Gasteiger partial charge in [0, 0.05) is 31.3 Å². The van der Waals surface area contributed by atoms with Crippen molar-refractivity contribution in [1.82, 2.24) is 0 Å². The van der Waals surface area contributed by atoms with Crippen LogP contribution in [-0.4, -0.2) is 14.3 Å². The zero-order valence-corrected chi connectivity index (χ0v) is 16.1. The third-order valence-corrected chi connectivity index (χ3v) is 6.81. The van der Waals surface area contributed by atoms with Crippen molar-refractivity contribution in [2.75, 3.05) is 10.0 Å². The molecule has 4 rings (SSSR count). The zero-order chi connectivity index (χ0) is 17.8. The molecule has 1 aliphatic heterocycles. The topological polar surface area (TPSA) is 75.3 Å². The van der Waals surface area contributed by atoms with Crippen LogP contribution in [0.5, 0.6) is 0 Å². The Balaban J connectivity index is 1.85. The number of carbonyl (C=O) groups is 1. The van der Waals surface area contributed by atoms with Gasteiger partial charge in [0.05, 0.1) is 4.90 Å². The zero-order valence-electron chi connectivity index (χ0n) is 13.1. The normalized spacial score (nSPS) is 13.1. The van der Waals surface area contributed by atoms with Gasteiger partial charge in [0.1, 0.15) is 0 Å². The van der Waals surface area contributed by atoms with Crippen molar-refractivity contribution in [1.29, 1.82) is 0 Å². The summed E-state index contributed by atoms with van der Waals surface area (Å²) in [7, 11) is -3.79. The molecule has 25 heavy (non-hydrogen) atoms. The van der Waals surface area contributed by atoms with Crippen LogP contribution in [0.25, 0.3) is 10.8 Å². The summed E-state index contributed by atoms with van der Waals surface area (Å²) in [6.07, 6.45) is 0. The smallest absolute Gasteiger partial charge is 0.262 e. The van der Waals surface area contributed by atoms with Crippen LogP contribution < -0.4 is 10.0 Å². The Bertz CT molecular complexity index is 1160. The lowest BCUT2D eigenvalue weighted by atomic mass is 10.1. The molecular weight excluding hydrogens is 451 g/mol. The van der Waals surface area contributed by atoms with Gasteiger partial charge >= 0.3 is 0 Å². The fraction of sp³-hybridized carbons (Fsp3) is 0.0556. The molecule has 0 spiro atoms. The Morgan fingerprint density at radius 3 is 2.64 bits per heavy atom. The number of benzene rings is 3. The molecule has 3 aromatic rings. The molecule has 0 unspecified atom stereocenters. The first kappa shape index (κ1) is 16.3. The highest BCUT2D eigenvalue weighted by molar-refractivity contribution is 14.1. The molecule has 0 bridgehead atoms. The number of aryl methyl sites for hydroxylation is 1. The first-order chi connectivity index (χ1) is 11.9. The van der Waals surface area contributed by atoms with Gasteiger partial charge in [0.25, 0.3) is 15.9 Å². The number of nitrogens with one attached hydrogen (secondary N) is 2. The SMILES string of the molecule is Cc1ccc(NS(=O)(=O)c2ccc3c4c(cccc24)C(=O)N3)cc1I. The molecule has 5 nitrogen and oxygen atoms in total. The molecule has 1 amide bonds. The summed E-state index contributed by atoms with van der Waals surface area (Å²) in [5.74, 6) is -0.212. The van der Waals surface area contributed by atoms with Crippen molar-refractivity contribution < 1.29 is 13.2 Å². The Labute approximate surface area is 158 Å². The molecule has 1 aliphatic rings. The van der Waals surface area contributed by atoms with Crippen LogP contribution in [0.4, 0.5) is 11.4 Å². The van der Waals surface area contributed by atoms with Crippen molar-refractivity contribution in [2.45, 2.75) is 11.8 Å². The van der Waals surface area contributed by atoms with Crippen LogP contribution in [0.1, 0.15) is 15.9 Å². The highest BCUT2D eigenvalue weighted by atomic mass is 127. The summed E-state index contributed by atoms with van der Waals surface area (Å²) in [5, 5.41) is 3.94. The van der Waals surface area contributed by atoms with Gasteiger partial charge in [-0.3, -0.25) is 9.52 Å². The van der Waals surface area contributed by atoms with Crippen LogP contribution in [0.2, 0.25) is 0 Å². The minimum Gasteiger partial charge on any atom is -0.321 e. The second-order valence-corrected chi connectivity index (χ2v) is 8.68. The fourth-order valence-electron chi connectivity index (χ4n) is 2.96. The molecular formula is C18H13IN2O3S. The standard InChI is InChI=1S/C18H13IN2O3S/c1-10-5-6-11(9-14(10)19)21-25(23,24)16-8-7-15-17-12(16)3-2-4-13(17)18(22)20-15/h2-9,21H,1H3,(H,20,22). The quantitative estimate of drug-likeness (QED) is 0.573. The summed E-state index contributed by atoms with van der Waals surface area (Å²) in [6, 6.07) is 13.7. The molecule has 3 aromatic carbocycles. The van der Waals surface area contributed by atoms with Gasteiger partial charge in [-0.05, 0) is 65.4 Å². The lowest BCUT2D eigenvalue weighted by Crippen LogP contribution is -2.13. The van der Waals surface area contributed by atoms with Crippen LogP contribution in [0.15, 0.2) is 53.4 Å². The van der Waals surface area contributed by atoms with Gasteiger partial charge in [-0.25, -0.2) is 8.42 Å². The van der Waals surface area contributed by atoms with Gasteiger partial charge in [-0.1, -0.05) is 18.2 Å². The number of anilines is 2. The predicted molar refractivity (Wildman–Crippen MR) is 107 cm³/mol. The number of rotatable bonds is 3. The molecule has 2 N–H and O–H groups in total. The molecule has 0 saturated carbocycles. The fourth-order valence-corrected chi connectivity index (χ4v) is 4.73. The van der Waals surface area contributed by atoms with Crippen LogP contribution in [0.3, 0.4) is 0 Å². The summed E-state index contributed by atoms with van der Waals surface area (Å²) >= 11 is 2.17. The van der Waals surface area contributed by atoms with Crippen LogP contribution in [0, 0.1) is 10.5 Å². The van der Waals surface area contributed by atoms with E-state index >= 15 is 0 Å². The number of sulfonamides is 1. The second-order valence-electron chi connectivity index (χ2n) is 5.86. The van der Waals surface area contributed by atoms with E-state index in [0.717, 1.165) is 9.13 Å². The van der Waals surface area contributed by atoms with Gasteiger partial charge in [0.15, 0.2) is 0 Å². The summed E-state index contributed by atoms with van der Waals surface area (Å²) in [4.78, 5) is 12.1. The van der Waals surface area contributed by atoms with E-state index in [9.17, 15) is 13.2 Å². The number of hydrogen-bond acceptors (Lipinski definition) is 3. The number of hydrogen-bond donors (Lipinski definition) is 2. The minimum atomic E-state index is -3.79. The lowest BCUT2D eigenvalue weighted by molar-refractivity contribution is 0.103. The van der Waals surface area contributed by atoms with E-state index in [1.165, 1.54) is 6.07 Å². The average molecular weight is 464 g/mol. The maximum Gasteiger partial charge on any atom is 0.262 e. The lowest BCUT2D eigenvalue weighted by Gasteiger charge is -2.12. The van der Waals surface area contributed by atoms with Gasteiger partial charge in [-0.2, -0.15) is 0 Å². The molecule has 0 saturated heterocycles. The molecule has 0 radical (unpaired) electrons. The first-order valence-electron chi connectivity index (χ1n) is 7.53. The first-order valence-corrected chi connectivity index (χ1v) is 10.1. The minimum absolute atomic E-state index is 0.153. The monoisotopic (exact) mass is 464 g/mol. The Kier molecular flexibility index (Phi) is 3.73. The molecule has 126 valence electrons. The Hall–Kier alpha value is -2.13. The third kappa shape index (κ3) is 2.67. The molecule has 0 aromatic heterocycles. The maximum atomic E-state index is 12.9. The van der Waals surface area contributed by atoms with Gasteiger partial charge in [-0.15, -0.1) is 0 Å². The van der Waals surface area contributed by atoms with Gasteiger partial charge in [0.2, 0.25) is 0 Å². The molecule has 0 fully saturated rings. The number of halogens is 1. The molecule has 0 atom stereocenters. The largest absolute Gasteiger partial charge is 0.321 e. The van der Waals surface area contributed by atoms with Crippen molar-refractivity contribution in [3.8, 4) is 0 Å². The van der Waals surface area contributed by atoms with Crippen molar-refractivity contribution in [3.05, 3.63) is 63.2 Å². The summed E-state index contributed by atoms with van der Waals surface area (Å²) in [5.41, 5.74) is 2.72. The van der Waals surface area contributed by atoms with E-state index in [2.05, 4.69) is 32.6 Å². The molecule has 7 heteroatoms.